The first kappa shape index (κ1) is 14.3. The van der Waals surface area contributed by atoms with Crippen LogP contribution in [0.4, 0.5) is 0 Å². The van der Waals surface area contributed by atoms with Crippen LogP contribution in [-0.4, -0.2) is 10.1 Å². The molecule has 0 saturated carbocycles. The molecule has 3 aromatic rings. The normalized spacial score (nSPS) is 10.8. The van der Waals surface area contributed by atoms with Crippen molar-refractivity contribution >= 4 is 38.3 Å². The van der Waals surface area contributed by atoms with E-state index in [4.69, 9.17) is 16.3 Å². The fourth-order valence-corrected chi connectivity index (χ4v) is 2.78. The summed E-state index contributed by atoms with van der Waals surface area (Å²) in [7, 11) is 0. The molecule has 2 aromatic carbocycles. The minimum Gasteiger partial charge on any atom is -0.438 e. The second-order valence-electron chi connectivity index (χ2n) is 4.44. The van der Waals surface area contributed by atoms with Crippen LogP contribution < -0.4 is 4.74 Å². The van der Waals surface area contributed by atoms with Gasteiger partial charge in [-0.15, -0.1) is 0 Å². The van der Waals surface area contributed by atoms with Crippen molar-refractivity contribution in [2.75, 3.05) is 0 Å². The lowest BCUT2D eigenvalue weighted by Gasteiger charge is -2.10. The number of nitrogens with zero attached hydrogens (tertiary/aromatic N) is 1. The summed E-state index contributed by atoms with van der Waals surface area (Å²) in [6, 6.07) is 15.2. The van der Waals surface area contributed by atoms with Crippen molar-refractivity contribution in [1.82, 2.24) is 4.98 Å². The molecule has 0 fully saturated rings. The maximum Gasteiger partial charge on any atom is 0.219 e. The summed E-state index contributed by atoms with van der Waals surface area (Å²) in [4.78, 5) is 4.18. The van der Waals surface area contributed by atoms with E-state index in [2.05, 4.69) is 20.9 Å². The molecule has 0 spiro atoms. The van der Waals surface area contributed by atoms with Crippen LogP contribution in [0.1, 0.15) is 5.69 Å². The third-order valence-corrected chi connectivity index (χ3v) is 4.25. The lowest BCUT2D eigenvalue weighted by molar-refractivity contribution is 0.275. The van der Waals surface area contributed by atoms with Crippen molar-refractivity contribution in [3.63, 3.8) is 0 Å². The molecule has 1 heterocycles. The van der Waals surface area contributed by atoms with E-state index in [1.807, 2.05) is 36.4 Å². The van der Waals surface area contributed by atoms with E-state index in [0.29, 0.717) is 22.3 Å². The molecule has 0 saturated heterocycles. The van der Waals surface area contributed by atoms with Crippen molar-refractivity contribution in [2.45, 2.75) is 6.61 Å². The predicted molar refractivity (Wildman–Crippen MR) is 86.9 cm³/mol. The van der Waals surface area contributed by atoms with Crippen molar-refractivity contribution in [2.24, 2.45) is 0 Å². The summed E-state index contributed by atoms with van der Waals surface area (Å²) >= 11 is 9.48. The number of aromatic nitrogens is 1. The van der Waals surface area contributed by atoms with Gasteiger partial charge in [-0.3, -0.25) is 0 Å². The summed E-state index contributed by atoms with van der Waals surface area (Å²) in [5.41, 5.74) is 0.395. The quantitative estimate of drug-likeness (QED) is 0.716. The van der Waals surface area contributed by atoms with Crippen molar-refractivity contribution in [1.29, 1.82) is 0 Å². The zero-order valence-electron chi connectivity index (χ0n) is 10.9. The number of halogens is 2. The molecular weight excluding hydrogens is 354 g/mol. The number of hydrogen-bond acceptors (Lipinski definition) is 3. The number of benzene rings is 2. The van der Waals surface area contributed by atoms with Crippen molar-refractivity contribution in [3.8, 4) is 11.6 Å². The highest BCUT2D eigenvalue weighted by molar-refractivity contribution is 9.10. The van der Waals surface area contributed by atoms with E-state index in [1.165, 1.54) is 0 Å². The van der Waals surface area contributed by atoms with Crippen LogP contribution in [0.15, 0.2) is 53.0 Å². The first-order valence-electron chi connectivity index (χ1n) is 6.30. The molecule has 0 bridgehead atoms. The molecule has 21 heavy (non-hydrogen) atoms. The third-order valence-electron chi connectivity index (χ3n) is 3.09. The Kier molecular flexibility index (Phi) is 4.10. The van der Waals surface area contributed by atoms with Gasteiger partial charge in [0.25, 0.3) is 0 Å². The molecule has 3 rings (SSSR count). The lowest BCUT2D eigenvalue weighted by Crippen LogP contribution is -1.95. The minimum absolute atomic E-state index is 0.227. The van der Waals surface area contributed by atoms with Crippen molar-refractivity contribution < 1.29 is 9.84 Å². The summed E-state index contributed by atoms with van der Waals surface area (Å²) in [5, 5.41) is 11.8. The summed E-state index contributed by atoms with van der Waals surface area (Å²) in [6.07, 6.45) is 0. The zero-order chi connectivity index (χ0) is 14.8. The molecule has 1 aromatic heterocycles. The standard InChI is InChI=1S/C16H11BrClNO2/c17-16-11-4-2-1-3-10(11)5-7-14(16)21-15-8-6-12(18)13(9-20)19-15/h1-8,20H,9H2. The first-order valence-corrected chi connectivity index (χ1v) is 7.47. The van der Waals surface area contributed by atoms with E-state index in [-0.39, 0.29) is 6.61 Å². The number of fused-ring (bicyclic) bond motifs is 1. The van der Waals surface area contributed by atoms with Crippen LogP contribution in [-0.2, 0) is 6.61 Å². The van der Waals surface area contributed by atoms with E-state index in [0.717, 1.165) is 15.2 Å². The molecule has 0 atom stereocenters. The van der Waals surface area contributed by atoms with Crippen LogP contribution in [0.25, 0.3) is 10.8 Å². The molecule has 106 valence electrons. The fourth-order valence-electron chi connectivity index (χ4n) is 2.04. The average Bonchev–Trinajstić information content (AvgIpc) is 2.52. The van der Waals surface area contributed by atoms with E-state index in [9.17, 15) is 5.11 Å². The van der Waals surface area contributed by atoms with Gasteiger partial charge in [0, 0.05) is 6.07 Å². The summed E-state index contributed by atoms with van der Waals surface area (Å²) in [5.74, 6) is 1.05. The Morgan fingerprint density at radius 2 is 1.90 bits per heavy atom. The van der Waals surface area contributed by atoms with Crippen LogP contribution in [0.2, 0.25) is 5.02 Å². The summed E-state index contributed by atoms with van der Waals surface area (Å²) < 4.78 is 6.65. The zero-order valence-corrected chi connectivity index (χ0v) is 13.2. The van der Waals surface area contributed by atoms with Gasteiger partial charge < -0.3 is 9.84 Å². The minimum atomic E-state index is -0.227. The van der Waals surface area contributed by atoms with Gasteiger partial charge in [0.2, 0.25) is 5.88 Å². The van der Waals surface area contributed by atoms with Gasteiger partial charge >= 0.3 is 0 Å². The Balaban J connectivity index is 2.00. The topological polar surface area (TPSA) is 42.4 Å². The van der Waals surface area contributed by atoms with Crippen LogP contribution in [0.5, 0.6) is 11.6 Å². The second-order valence-corrected chi connectivity index (χ2v) is 5.64. The molecular formula is C16H11BrClNO2. The molecule has 0 aliphatic carbocycles. The molecule has 0 radical (unpaired) electrons. The monoisotopic (exact) mass is 363 g/mol. The number of hydrogen-bond donors (Lipinski definition) is 1. The highest BCUT2D eigenvalue weighted by Crippen LogP contribution is 2.35. The number of aliphatic hydroxyl groups excluding tert-OH is 1. The van der Waals surface area contributed by atoms with E-state index in [1.54, 1.807) is 12.1 Å². The maximum atomic E-state index is 9.19. The Hall–Kier alpha value is -1.62. The van der Waals surface area contributed by atoms with Crippen molar-refractivity contribution in [3.05, 3.63) is 63.7 Å². The van der Waals surface area contributed by atoms with E-state index < -0.39 is 0 Å². The highest BCUT2D eigenvalue weighted by Gasteiger charge is 2.09. The number of aliphatic hydroxyl groups is 1. The van der Waals surface area contributed by atoms with Gasteiger partial charge in [0.05, 0.1) is 21.8 Å². The molecule has 0 unspecified atom stereocenters. The third kappa shape index (κ3) is 2.88. The number of ether oxygens (including phenoxy) is 1. The van der Waals surface area contributed by atoms with Gasteiger partial charge in [-0.25, -0.2) is 4.98 Å². The van der Waals surface area contributed by atoms with Gasteiger partial charge in [-0.2, -0.15) is 0 Å². The Bertz CT molecular complexity index is 807. The maximum absolute atomic E-state index is 9.19. The molecule has 0 amide bonds. The van der Waals surface area contributed by atoms with Gasteiger partial charge in [-0.1, -0.05) is 41.9 Å². The smallest absolute Gasteiger partial charge is 0.219 e. The van der Waals surface area contributed by atoms with Crippen LogP contribution >= 0.6 is 27.5 Å². The highest BCUT2D eigenvalue weighted by atomic mass is 79.9. The Labute approximate surface area is 135 Å². The lowest BCUT2D eigenvalue weighted by atomic mass is 10.1. The van der Waals surface area contributed by atoms with E-state index >= 15 is 0 Å². The molecule has 3 nitrogen and oxygen atoms in total. The largest absolute Gasteiger partial charge is 0.438 e. The first-order chi connectivity index (χ1) is 10.2. The summed E-state index contributed by atoms with van der Waals surface area (Å²) in [6.45, 7) is -0.227. The number of pyridine rings is 1. The van der Waals surface area contributed by atoms with Gasteiger partial charge in [0.1, 0.15) is 5.75 Å². The molecule has 1 N–H and O–H groups in total. The predicted octanol–water partition coefficient (Wildman–Crippen LogP) is 4.94. The molecule has 0 aliphatic rings. The van der Waals surface area contributed by atoms with Gasteiger partial charge in [0.15, 0.2) is 0 Å². The van der Waals surface area contributed by atoms with Crippen LogP contribution in [0, 0.1) is 0 Å². The van der Waals surface area contributed by atoms with Crippen LogP contribution in [0.3, 0.4) is 0 Å². The second kappa shape index (κ2) is 6.02. The Morgan fingerprint density at radius 3 is 2.71 bits per heavy atom. The van der Waals surface area contributed by atoms with Gasteiger partial charge in [-0.05, 0) is 38.8 Å². The average molecular weight is 365 g/mol. The number of rotatable bonds is 3. The molecule has 5 heteroatoms. The fraction of sp³-hybridized carbons (Fsp3) is 0.0625. The Morgan fingerprint density at radius 1 is 1.10 bits per heavy atom. The molecule has 0 aliphatic heterocycles. The SMILES string of the molecule is OCc1nc(Oc2ccc3ccccc3c2Br)ccc1Cl.